The third-order valence-electron chi connectivity index (χ3n) is 1.76. The Hall–Kier alpha value is -1.69. The molecule has 0 radical (unpaired) electrons. The highest BCUT2D eigenvalue weighted by Gasteiger charge is 2.07. The molecular weight excluding hydrogens is 262 g/mol. The number of nitrogens with zero attached hydrogens (tertiary/aromatic N) is 3. The van der Waals surface area contributed by atoms with Crippen LogP contribution in [0.2, 0.25) is 0 Å². The minimum absolute atomic E-state index is 0.136. The number of pyridine rings is 1. The molecule has 76 valence electrons. The molecule has 0 atom stereocenters. The van der Waals surface area contributed by atoms with Gasteiger partial charge < -0.3 is 5.11 Å². The third kappa shape index (κ3) is 2.04. The normalized spacial score (nSPS) is 10.2. The van der Waals surface area contributed by atoms with Crippen LogP contribution in [-0.2, 0) is 0 Å². The van der Waals surface area contributed by atoms with Gasteiger partial charge in [-0.15, -0.1) is 0 Å². The maximum atomic E-state index is 10.6. The Bertz CT molecular complexity index is 510. The van der Waals surface area contributed by atoms with E-state index < -0.39 is 5.97 Å². The van der Waals surface area contributed by atoms with Crippen molar-refractivity contribution in [2.75, 3.05) is 0 Å². The van der Waals surface area contributed by atoms with Crippen LogP contribution in [0.3, 0.4) is 0 Å². The van der Waals surface area contributed by atoms with Gasteiger partial charge in [-0.05, 0) is 28.1 Å². The third-order valence-corrected chi connectivity index (χ3v) is 2.21. The Morgan fingerprint density at radius 1 is 1.47 bits per heavy atom. The van der Waals surface area contributed by atoms with Gasteiger partial charge in [0, 0.05) is 6.20 Å². The lowest BCUT2D eigenvalue weighted by atomic mass is 10.4. The second-order valence-electron chi connectivity index (χ2n) is 2.80. The fraction of sp³-hybridized carbons (Fsp3) is 0. The summed E-state index contributed by atoms with van der Waals surface area (Å²) in [5.74, 6) is -0.437. The molecule has 0 aliphatic rings. The van der Waals surface area contributed by atoms with Crippen molar-refractivity contribution in [2.45, 2.75) is 0 Å². The number of carboxylic acid groups (broad SMARTS) is 1. The van der Waals surface area contributed by atoms with Crippen molar-refractivity contribution in [1.82, 2.24) is 14.8 Å². The SMILES string of the molecule is O=C(O)c1cnn(-c2cccc(Br)n2)c1. The van der Waals surface area contributed by atoms with Crippen molar-refractivity contribution in [3.05, 3.63) is 40.8 Å². The van der Waals surface area contributed by atoms with E-state index in [-0.39, 0.29) is 5.56 Å². The molecular formula is C9H6BrN3O2. The fourth-order valence-electron chi connectivity index (χ4n) is 1.08. The van der Waals surface area contributed by atoms with Gasteiger partial charge in [0.15, 0.2) is 5.82 Å². The molecule has 0 aromatic carbocycles. The molecule has 0 aliphatic heterocycles. The van der Waals surface area contributed by atoms with E-state index in [1.807, 2.05) is 0 Å². The summed E-state index contributed by atoms with van der Waals surface area (Å²) in [7, 11) is 0. The summed E-state index contributed by atoms with van der Waals surface area (Å²) in [6.07, 6.45) is 2.70. The lowest BCUT2D eigenvalue weighted by Gasteiger charge is -1.99. The lowest BCUT2D eigenvalue weighted by molar-refractivity contribution is 0.0697. The van der Waals surface area contributed by atoms with Gasteiger partial charge in [0.2, 0.25) is 0 Å². The Balaban J connectivity index is 2.41. The van der Waals surface area contributed by atoms with Crippen LogP contribution in [0.25, 0.3) is 5.82 Å². The number of aromatic nitrogens is 3. The minimum Gasteiger partial charge on any atom is -0.478 e. The Morgan fingerprint density at radius 3 is 2.87 bits per heavy atom. The predicted molar refractivity (Wildman–Crippen MR) is 56.0 cm³/mol. The molecule has 0 unspecified atom stereocenters. The van der Waals surface area contributed by atoms with Crippen molar-refractivity contribution in [3.63, 3.8) is 0 Å². The van der Waals surface area contributed by atoms with Gasteiger partial charge >= 0.3 is 5.97 Å². The molecule has 0 aliphatic carbocycles. The van der Waals surface area contributed by atoms with E-state index >= 15 is 0 Å². The van der Waals surface area contributed by atoms with Crippen LogP contribution in [0.5, 0.6) is 0 Å². The Labute approximate surface area is 93.5 Å². The summed E-state index contributed by atoms with van der Waals surface area (Å²) in [5.41, 5.74) is 0.136. The van der Waals surface area contributed by atoms with Gasteiger partial charge in [-0.25, -0.2) is 14.5 Å². The van der Waals surface area contributed by atoms with Crippen LogP contribution < -0.4 is 0 Å². The van der Waals surface area contributed by atoms with E-state index in [2.05, 4.69) is 26.0 Å². The summed E-state index contributed by atoms with van der Waals surface area (Å²) < 4.78 is 2.08. The Morgan fingerprint density at radius 2 is 2.27 bits per heavy atom. The highest BCUT2D eigenvalue weighted by atomic mass is 79.9. The average molecular weight is 268 g/mol. The molecule has 15 heavy (non-hydrogen) atoms. The predicted octanol–water partition coefficient (Wildman–Crippen LogP) is 1.73. The Kier molecular flexibility index (Phi) is 2.51. The number of hydrogen-bond donors (Lipinski definition) is 1. The molecule has 6 heteroatoms. The standard InChI is InChI=1S/C9H6BrN3O2/c10-7-2-1-3-8(12-7)13-5-6(4-11-13)9(14)15/h1-5H,(H,14,15). The van der Waals surface area contributed by atoms with Crippen LogP contribution in [0.4, 0.5) is 0 Å². The molecule has 0 saturated heterocycles. The summed E-state index contributed by atoms with van der Waals surface area (Å²) in [4.78, 5) is 14.8. The number of rotatable bonds is 2. The fourth-order valence-corrected chi connectivity index (χ4v) is 1.42. The van der Waals surface area contributed by atoms with Crippen molar-refractivity contribution >= 4 is 21.9 Å². The van der Waals surface area contributed by atoms with E-state index in [1.165, 1.54) is 17.1 Å². The quantitative estimate of drug-likeness (QED) is 0.842. The molecule has 0 amide bonds. The van der Waals surface area contributed by atoms with Crippen LogP contribution in [-0.4, -0.2) is 25.8 Å². The average Bonchev–Trinajstić information content (AvgIpc) is 2.66. The summed E-state index contributed by atoms with van der Waals surface area (Å²) in [6, 6.07) is 5.32. The molecule has 2 rings (SSSR count). The van der Waals surface area contributed by atoms with Gasteiger partial charge in [-0.3, -0.25) is 0 Å². The second kappa shape index (κ2) is 3.82. The number of halogens is 1. The van der Waals surface area contributed by atoms with Crippen LogP contribution >= 0.6 is 15.9 Å². The van der Waals surface area contributed by atoms with E-state index in [0.717, 1.165) is 0 Å². The maximum absolute atomic E-state index is 10.6. The topological polar surface area (TPSA) is 68.0 Å². The largest absolute Gasteiger partial charge is 0.478 e. The summed E-state index contributed by atoms with van der Waals surface area (Å²) in [6.45, 7) is 0. The number of carboxylic acids is 1. The molecule has 2 heterocycles. The van der Waals surface area contributed by atoms with E-state index in [9.17, 15) is 4.79 Å². The van der Waals surface area contributed by atoms with Crippen molar-refractivity contribution in [2.24, 2.45) is 0 Å². The number of aromatic carboxylic acids is 1. The molecule has 0 fully saturated rings. The molecule has 2 aromatic rings. The van der Waals surface area contributed by atoms with E-state index in [0.29, 0.717) is 10.4 Å². The lowest BCUT2D eigenvalue weighted by Crippen LogP contribution is -1.98. The van der Waals surface area contributed by atoms with Gasteiger partial charge in [-0.2, -0.15) is 5.10 Å². The maximum Gasteiger partial charge on any atom is 0.338 e. The minimum atomic E-state index is -1.00. The molecule has 0 spiro atoms. The van der Waals surface area contributed by atoms with Gasteiger partial charge in [0.1, 0.15) is 4.60 Å². The van der Waals surface area contributed by atoms with Gasteiger partial charge in [0.05, 0.1) is 11.8 Å². The second-order valence-corrected chi connectivity index (χ2v) is 3.61. The zero-order valence-corrected chi connectivity index (χ0v) is 9.05. The monoisotopic (exact) mass is 267 g/mol. The zero-order valence-electron chi connectivity index (χ0n) is 7.46. The van der Waals surface area contributed by atoms with E-state index in [1.54, 1.807) is 18.2 Å². The van der Waals surface area contributed by atoms with Crippen LogP contribution in [0, 0.1) is 0 Å². The number of carbonyl (C=O) groups is 1. The zero-order chi connectivity index (χ0) is 10.8. The molecule has 5 nitrogen and oxygen atoms in total. The highest BCUT2D eigenvalue weighted by Crippen LogP contribution is 2.10. The number of hydrogen-bond acceptors (Lipinski definition) is 3. The molecule has 1 N–H and O–H groups in total. The first-order chi connectivity index (χ1) is 7.16. The van der Waals surface area contributed by atoms with Crippen molar-refractivity contribution in [3.8, 4) is 5.82 Å². The summed E-state index contributed by atoms with van der Waals surface area (Å²) in [5, 5.41) is 12.6. The van der Waals surface area contributed by atoms with Crippen LogP contribution in [0.15, 0.2) is 35.2 Å². The molecule has 0 bridgehead atoms. The molecule has 2 aromatic heterocycles. The van der Waals surface area contributed by atoms with Crippen molar-refractivity contribution < 1.29 is 9.90 Å². The molecule has 0 saturated carbocycles. The van der Waals surface area contributed by atoms with Crippen molar-refractivity contribution in [1.29, 1.82) is 0 Å². The summed E-state index contributed by atoms with van der Waals surface area (Å²) >= 11 is 3.23. The first-order valence-electron chi connectivity index (χ1n) is 4.08. The van der Waals surface area contributed by atoms with Gasteiger partial charge in [-0.1, -0.05) is 6.07 Å². The smallest absolute Gasteiger partial charge is 0.338 e. The van der Waals surface area contributed by atoms with E-state index in [4.69, 9.17) is 5.11 Å². The highest BCUT2D eigenvalue weighted by molar-refractivity contribution is 9.10. The first-order valence-corrected chi connectivity index (χ1v) is 4.87. The van der Waals surface area contributed by atoms with Crippen LogP contribution in [0.1, 0.15) is 10.4 Å². The van der Waals surface area contributed by atoms with Gasteiger partial charge in [0.25, 0.3) is 0 Å². The first kappa shape index (κ1) is 9.85.